The summed E-state index contributed by atoms with van der Waals surface area (Å²) in [6.45, 7) is 9.78. The van der Waals surface area contributed by atoms with E-state index in [9.17, 15) is 9.90 Å². The van der Waals surface area contributed by atoms with Crippen LogP contribution in [0.2, 0.25) is 0 Å². The summed E-state index contributed by atoms with van der Waals surface area (Å²) < 4.78 is 5.34. The molecule has 0 bridgehead atoms. The smallest absolute Gasteiger partial charge is 0.315 e. The lowest BCUT2D eigenvalue weighted by molar-refractivity contribution is 0.0272. The number of amides is 2. The highest BCUT2D eigenvalue weighted by Gasteiger charge is 2.27. The van der Waals surface area contributed by atoms with E-state index in [1.807, 2.05) is 0 Å². The number of rotatable bonds is 7. The Morgan fingerprint density at radius 2 is 1.90 bits per heavy atom. The number of hydrogen-bond donors (Lipinski definition) is 3. The summed E-state index contributed by atoms with van der Waals surface area (Å²) in [6, 6.07) is 0.0648. The van der Waals surface area contributed by atoms with E-state index in [1.165, 1.54) is 0 Å². The second-order valence-corrected chi connectivity index (χ2v) is 7.38. The number of nitrogens with one attached hydrogen (secondary N) is 2. The van der Waals surface area contributed by atoms with Crippen molar-refractivity contribution in [2.75, 3.05) is 19.8 Å². The minimum absolute atomic E-state index is 0.192. The van der Waals surface area contributed by atoms with Crippen molar-refractivity contribution < 1.29 is 14.6 Å². The van der Waals surface area contributed by atoms with Crippen LogP contribution in [0.4, 0.5) is 4.79 Å². The quantitative estimate of drug-likeness (QED) is 0.675. The maximum atomic E-state index is 11.8. The predicted molar refractivity (Wildman–Crippen MR) is 84.2 cm³/mol. The van der Waals surface area contributed by atoms with Crippen LogP contribution >= 0.6 is 0 Å². The lowest BCUT2D eigenvalue weighted by Gasteiger charge is -2.34. The number of urea groups is 1. The molecule has 1 atom stereocenters. The van der Waals surface area contributed by atoms with Gasteiger partial charge < -0.3 is 20.5 Å². The minimum Gasteiger partial charge on any atom is -0.389 e. The van der Waals surface area contributed by atoms with Crippen molar-refractivity contribution in [1.82, 2.24) is 10.6 Å². The van der Waals surface area contributed by atoms with Gasteiger partial charge in [0.25, 0.3) is 0 Å². The zero-order valence-electron chi connectivity index (χ0n) is 13.9. The summed E-state index contributed by atoms with van der Waals surface area (Å²) in [5.41, 5.74) is 0.401. The van der Waals surface area contributed by atoms with Gasteiger partial charge in [0.15, 0.2) is 0 Å². The number of aliphatic hydroxyl groups excluding tert-OH is 1. The number of carbonyl (C=O) groups excluding carboxylic acids is 1. The van der Waals surface area contributed by atoms with Gasteiger partial charge in [0.05, 0.1) is 12.7 Å². The Bertz CT molecular complexity index is 309. The van der Waals surface area contributed by atoms with E-state index in [4.69, 9.17) is 4.74 Å². The average Bonchev–Trinajstić information content (AvgIpc) is 2.38. The highest BCUT2D eigenvalue weighted by atomic mass is 16.5. The highest BCUT2D eigenvalue weighted by molar-refractivity contribution is 5.74. The molecule has 1 aliphatic carbocycles. The Balaban J connectivity index is 2.11. The van der Waals surface area contributed by atoms with Crippen LogP contribution in [0.15, 0.2) is 0 Å². The Hall–Kier alpha value is -0.810. The van der Waals surface area contributed by atoms with Gasteiger partial charge in [0.2, 0.25) is 0 Å². The third kappa shape index (κ3) is 8.27. The zero-order valence-corrected chi connectivity index (χ0v) is 13.9. The maximum Gasteiger partial charge on any atom is 0.315 e. The second-order valence-electron chi connectivity index (χ2n) is 7.38. The molecule has 0 radical (unpaired) electrons. The molecule has 1 aliphatic rings. The number of aliphatic hydroxyl groups is 1. The van der Waals surface area contributed by atoms with Crippen molar-refractivity contribution in [3.8, 4) is 0 Å². The van der Waals surface area contributed by atoms with E-state index in [2.05, 4.69) is 38.3 Å². The number of ether oxygens (including phenoxy) is 1. The van der Waals surface area contributed by atoms with E-state index in [1.54, 1.807) is 0 Å². The molecule has 2 amide bonds. The molecule has 0 aliphatic heterocycles. The van der Waals surface area contributed by atoms with E-state index >= 15 is 0 Å². The Morgan fingerprint density at radius 1 is 1.29 bits per heavy atom. The summed E-state index contributed by atoms with van der Waals surface area (Å²) in [6.07, 6.45) is 3.69. The van der Waals surface area contributed by atoms with Crippen molar-refractivity contribution in [2.24, 2.45) is 11.3 Å². The highest BCUT2D eigenvalue weighted by Crippen LogP contribution is 2.34. The molecule has 0 spiro atoms. The zero-order chi connectivity index (χ0) is 15.9. The molecule has 0 heterocycles. The second kappa shape index (κ2) is 8.59. The van der Waals surface area contributed by atoms with Crippen LogP contribution in [-0.4, -0.2) is 43.0 Å². The molecule has 124 valence electrons. The molecular weight excluding hydrogens is 268 g/mol. The average molecular weight is 300 g/mol. The third-order valence-electron chi connectivity index (χ3n) is 3.93. The molecule has 0 aromatic heterocycles. The van der Waals surface area contributed by atoms with Crippen molar-refractivity contribution in [3.05, 3.63) is 0 Å². The first-order valence-electron chi connectivity index (χ1n) is 8.08. The lowest BCUT2D eigenvalue weighted by atomic mass is 9.76. The normalized spacial score (nSPS) is 20.3. The monoisotopic (exact) mass is 300 g/mol. The van der Waals surface area contributed by atoms with Gasteiger partial charge >= 0.3 is 6.03 Å². The molecule has 5 nitrogen and oxygen atoms in total. The summed E-state index contributed by atoms with van der Waals surface area (Å²) in [7, 11) is 0. The number of hydrogen-bond acceptors (Lipinski definition) is 3. The summed E-state index contributed by atoms with van der Waals surface area (Å²) in [5.74, 6) is 0.448. The molecule has 0 aromatic carbocycles. The van der Waals surface area contributed by atoms with Crippen LogP contribution in [0.25, 0.3) is 0 Å². The molecule has 1 unspecified atom stereocenters. The van der Waals surface area contributed by atoms with Gasteiger partial charge in [0.1, 0.15) is 0 Å². The van der Waals surface area contributed by atoms with Crippen LogP contribution in [0.1, 0.15) is 53.4 Å². The fourth-order valence-corrected chi connectivity index (χ4v) is 2.49. The molecular formula is C16H32N2O3. The predicted octanol–water partition coefficient (Wildman–Crippen LogP) is 2.29. The van der Waals surface area contributed by atoms with E-state index in [0.29, 0.717) is 17.9 Å². The SMILES string of the molecule is CC(C)COCC(O)CNC(=O)NC1CCC(C)(C)CC1. The molecule has 1 saturated carbocycles. The van der Waals surface area contributed by atoms with Crippen LogP contribution in [0, 0.1) is 11.3 Å². The van der Waals surface area contributed by atoms with Crippen LogP contribution in [-0.2, 0) is 4.74 Å². The molecule has 21 heavy (non-hydrogen) atoms. The Labute approximate surface area is 128 Å². The van der Waals surface area contributed by atoms with Crippen molar-refractivity contribution in [3.63, 3.8) is 0 Å². The lowest BCUT2D eigenvalue weighted by Crippen LogP contribution is -2.46. The standard InChI is InChI=1S/C16H32N2O3/c1-12(2)10-21-11-14(19)9-17-15(20)18-13-5-7-16(3,4)8-6-13/h12-14,19H,5-11H2,1-4H3,(H2,17,18,20). The van der Waals surface area contributed by atoms with Crippen LogP contribution in [0.5, 0.6) is 0 Å². The van der Waals surface area contributed by atoms with Crippen molar-refractivity contribution in [2.45, 2.75) is 65.5 Å². The van der Waals surface area contributed by atoms with Gasteiger partial charge in [-0.25, -0.2) is 4.79 Å². The molecule has 5 heteroatoms. The van der Waals surface area contributed by atoms with Gasteiger partial charge in [-0.3, -0.25) is 0 Å². The third-order valence-corrected chi connectivity index (χ3v) is 3.93. The fourth-order valence-electron chi connectivity index (χ4n) is 2.49. The van der Waals surface area contributed by atoms with E-state index < -0.39 is 6.10 Å². The minimum atomic E-state index is -0.653. The van der Waals surface area contributed by atoms with Gasteiger partial charge in [-0.15, -0.1) is 0 Å². The molecule has 0 aromatic rings. The van der Waals surface area contributed by atoms with Gasteiger partial charge in [-0.2, -0.15) is 0 Å². The van der Waals surface area contributed by atoms with Crippen LogP contribution in [0.3, 0.4) is 0 Å². The van der Waals surface area contributed by atoms with Gasteiger partial charge in [-0.05, 0) is 37.0 Å². The van der Waals surface area contributed by atoms with E-state index in [-0.39, 0.29) is 25.2 Å². The number of carbonyl (C=O) groups is 1. The summed E-state index contributed by atoms with van der Waals surface area (Å²) >= 11 is 0. The van der Waals surface area contributed by atoms with Crippen molar-refractivity contribution >= 4 is 6.03 Å². The van der Waals surface area contributed by atoms with Gasteiger partial charge in [0, 0.05) is 19.2 Å². The largest absolute Gasteiger partial charge is 0.389 e. The van der Waals surface area contributed by atoms with Crippen LogP contribution < -0.4 is 10.6 Å². The van der Waals surface area contributed by atoms with Crippen molar-refractivity contribution in [1.29, 1.82) is 0 Å². The molecule has 1 rings (SSSR count). The summed E-state index contributed by atoms with van der Waals surface area (Å²) in [5, 5.41) is 15.4. The topological polar surface area (TPSA) is 70.6 Å². The molecule has 3 N–H and O–H groups in total. The molecule has 1 fully saturated rings. The summed E-state index contributed by atoms with van der Waals surface area (Å²) in [4.78, 5) is 11.8. The fraction of sp³-hybridized carbons (Fsp3) is 0.938. The maximum absolute atomic E-state index is 11.8. The first-order valence-corrected chi connectivity index (χ1v) is 8.08. The van der Waals surface area contributed by atoms with Gasteiger partial charge in [-0.1, -0.05) is 27.7 Å². The van der Waals surface area contributed by atoms with E-state index in [0.717, 1.165) is 25.7 Å². The first-order chi connectivity index (χ1) is 9.78. The molecule has 0 saturated heterocycles. The Kier molecular flexibility index (Phi) is 7.46. The Morgan fingerprint density at radius 3 is 2.48 bits per heavy atom. The first kappa shape index (κ1) is 18.2.